The number of methoxy groups -OCH3 is 1. The lowest BCUT2D eigenvalue weighted by atomic mass is 10.2. The minimum Gasteiger partial charge on any atom is -0.465 e. The number of hydrogen-bond donors (Lipinski definition) is 1. The lowest BCUT2D eigenvalue weighted by molar-refractivity contribution is 0.0604. The Morgan fingerprint density at radius 3 is 2.42 bits per heavy atom. The van der Waals surface area contributed by atoms with Crippen molar-refractivity contribution < 1.29 is 18.3 Å². The molecule has 0 aliphatic carbocycles. The van der Waals surface area contributed by atoms with Crippen LogP contribution in [0.25, 0.3) is 27.9 Å². The number of esters is 1. The van der Waals surface area contributed by atoms with E-state index in [1.807, 2.05) is 0 Å². The fraction of sp³-hybridized carbons (Fsp3) is 0.0556. The monoisotopic (exact) mass is 354 g/mol. The molecule has 0 amide bonds. The third-order valence-electron chi connectivity index (χ3n) is 4.05. The summed E-state index contributed by atoms with van der Waals surface area (Å²) in [5.74, 6) is -2.75. The van der Waals surface area contributed by atoms with Crippen LogP contribution in [0.4, 0.5) is 14.6 Å². The first kappa shape index (κ1) is 15.9. The lowest BCUT2D eigenvalue weighted by Crippen LogP contribution is -2.07. The Morgan fingerprint density at radius 2 is 1.77 bits per heavy atom. The number of aromatic nitrogens is 3. The summed E-state index contributed by atoms with van der Waals surface area (Å²) in [6.45, 7) is 0. The molecular weight excluding hydrogens is 342 g/mol. The highest BCUT2D eigenvalue weighted by Crippen LogP contribution is 2.31. The predicted octanol–water partition coefficient (Wildman–Crippen LogP) is 3.22. The van der Waals surface area contributed by atoms with Crippen molar-refractivity contribution in [1.82, 2.24) is 14.5 Å². The summed E-state index contributed by atoms with van der Waals surface area (Å²) >= 11 is 0. The Labute approximate surface area is 145 Å². The zero-order chi connectivity index (χ0) is 18.4. The van der Waals surface area contributed by atoms with Gasteiger partial charge in [0, 0.05) is 6.07 Å². The standard InChI is InChI=1S/C18H12F2N4O2/c1-26-18(25)14-15-17(23-13-5-3-2-4-12(13)22-15)24(16(14)21)9-6-7-10(19)11(20)8-9/h2-8H,21H2,1H3. The van der Waals surface area contributed by atoms with E-state index in [4.69, 9.17) is 10.5 Å². The molecule has 2 heterocycles. The molecule has 0 atom stereocenters. The maximum absolute atomic E-state index is 13.7. The molecule has 130 valence electrons. The normalized spacial score (nSPS) is 11.2. The number of carbonyl (C=O) groups excluding carboxylic acids is 1. The largest absolute Gasteiger partial charge is 0.465 e. The van der Waals surface area contributed by atoms with E-state index in [1.165, 1.54) is 17.7 Å². The van der Waals surface area contributed by atoms with Gasteiger partial charge in [0.25, 0.3) is 0 Å². The molecule has 0 bridgehead atoms. The van der Waals surface area contributed by atoms with Crippen LogP contribution < -0.4 is 5.73 Å². The summed E-state index contributed by atoms with van der Waals surface area (Å²) in [6, 6.07) is 10.4. The van der Waals surface area contributed by atoms with E-state index in [1.54, 1.807) is 24.3 Å². The molecule has 4 rings (SSSR count). The molecule has 2 aromatic heterocycles. The molecule has 0 aliphatic rings. The van der Waals surface area contributed by atoms with Crippen LogP contribution in [0.1, 0.15) is 10.4 Å². The topological polar surface area (TPSA) is 83.0 Å². The van der Waals surface area contributed by atoms with Crippen LogP contribution in [0.2, 0.25) is 0 Å². The van der Waals surface area contributed by atoms with Crippen molar-refractivity contribution in [2.45, 2.75) is 0 Å². The van der Waals surface area contributed by atoms with Crippen LogP contribution in [0.5, 0.6) is 0 Å². The maximum atomic E-state index is 13.7. The molecule has 4 aromatic rings. The number of carbonyl (C=O) groups is 1. The number of ether oxygens (including phenoxy) is 1. The number of rotatable bonds is 2. The smallest absolute Gasteiger partial charge is 0.343 e. The van der Waals surface area contributed by atoms with Crippen LogP contribution >= 0.6 is 0 Å². The van der Waals surface area contributed by atoms with Gasteiger partial charge in [-0.05, 0) is 24.3 Å². The third kappa shape index (κ3) is 2.26. The number of nitrogen functional groups attached to an aromatic ring is 1. The van der Waals surface area contributed by atoms with Gasteiger partial charge in [0.15, 0.2) is 17.3 Å². The zero-order valence-corrected chi connectivity index (χ0v) is 13.5. The molecule has 0 unspecified atom stereocenters. The lowest BCUT2D eigenvalue weighted by Gasteiger charge is -2.08. The summed E-state index contributed by atoms with van der Waals surface area (Å²) < 4.78 is 33.2. The average Bonchev–Trinajstić information content (AvgIpc) is 2.92. The molecule has 0 saturated carbocycles. The molecule has 0 spiro atoms. The first-order valence-corrected chi connectivity index (χ1v) is 7.61. The minimum absolute atomic E-state index is 0.0190. The van der Waals surface area contributed by atoms with Crippen molar-refractivity contribution in [3.8, 4) is 5.69 Å². The Morgan fingerprint density at radius 1 is 1.08 bits per heavy atom. The van der Waals surface area contributed by atoms with Gasteiger partial charge in [-0.15, -0.1) is 0 Å². The quantitative estimate of drug-likeness (QED) is 0.559. The first-order chi connectivity index (χ1) is 12.5. The van der Waals surface area contributed by atoms with Crippen molar-refractivity contribution in [3.63, 3.8) is 0 Å². The van der Waals surface area contributed by atoms with Crippen LogP contribution in [0.15, 0.2) is 42.5 Å². The Balaban J connectivity index is 2.14. The number of nitrogens with two attached hydrogens (primary N) is 1. The van der Waals surface area contributed by atoms with Gasteiger partial charge in [-0.3, -0.25) is 4.57 Å². The van der Waals surface area contributed by atoms with Gasteiger partial charge in [0.1, 0.15) is 16.9 Å². The number of hydrogen-bond acceptors (Lipinski definition) is 5. The number of fused-ring (bicyclic) bond motifs is 2. The molecule has 8 heteroatoms. The predicted molar refractivity (Wildman–Crippen MR) is 92.0 cm³/mol. The number of benzene rings is 2. The first-order valence-electron chi connectivity index (χ1n) is 7.61. The molecule has 0 aliphatic heterocycles. The van der Waals surface area contributed by atoms with Gasteiger partial charge >= 0.3 is 5.97 Å². The molecular formula is C18H12F2N4O2. The van der Waals surface area contributed by atoms with E-state index in [2.05, 4.69) is 9.97 Å². The van der Waals surface area contributed by atoms with Gasteiger partial charge in [0.2, 0.25) is 0 Å². The van der Waals surface area contributed by atoms with Crippen molar-refractivity contribution in [1.29, 1.82) is 0 Å². The van der Waals surface area contributed by atoms with E-state index < -0.39 is 17.6 Å². The molecule has 0 fully saturated rings. The SMILES string of the molecule is COC(=O)c1c(N)n(-c2ccc(F)c(F)c2)c2nc3ccccc3nc12. The van der Waals surface area contributed by atoms with Crippen molar-refractivity contribution >= 4 is 34.0 Å². The number of anilines is 1. The molecule has 0 saturated heterocycles. The second-order valence-electron chi connectivity index (χ2n) is 5.57. The molecule has 6 nitrogen and oxygen atoms in total. The molecule has 2 aromatic carbocycles. The van der Waals surface area contributed by atoms with E-state index >= 15 is 0 Å². The fourth-order valence-corrected chi connectivity index (χ4v) is 2.85. The summed E-state index contributed by atoms with van der Waals surface area (Å²) in [5, 5.41) is 0. The van der Waals surface area contributed by atoms with Crippen molar-refractivity contribution in [3.05, 3.63) is 59.7 Å². The second kappa shape index (κ2) is 5.76. The van der Waals surface area contributed by atoms with Crippen molar-refractivity contribution in [2.24, 2.45) is 0 Å². The van der Waals surface area contributed by atoms with Crippen LogP contribution in [-0.4, -0.2) is 27.6 Å². The van der Waals surface area contributed by atoms with Gasteiger partial charge in [-0.25, -0.2) is 23.5 Å². The molecule has 0 radical (unpaired) electrons. The van der Waals surface area contributed by atoms with Crippen molar-refractivity contribution in [2.75, 3.05) is 12.8 Å². The van der Waals surface area contributed by atoms with Gasteiger partial charge in [-0.1, -0.05) is 12.1 Å². The second-order valence-corrected chi connectivity index (χ2v) is 5.57. The summed E-state index contributed by atoms with van der Waals surface area (Å²) in [7, 11) is 1.22. The highest BCUT2D eigenvalue weighted by Gasteiger charge is 2.25. The van der Waals surface area contributed by atoms with Crippen LogP contribution in [-0.2, 0) is 4.74 Å². The van der Waals surface area contributed by atoms with Crippen LogP contribution in [0, 0.1) is 11.6 Å². The third-order valence-corrected chi connectivity index (χ3v) is 4.05. The fourth-order valence-electron chi connectivity index (χ4n) is 2.85. The number of para-hydroxylation sites is 2. The number of halogens is 2. The van der Waals surface area contributed by atoms with E-state index in [0.29, 0.717) is 11.0 Å². The van der Waals surface area contributed by atoms with Gasteiger partial charge in [-0.2, -0.15) is 0 Å². The Hall–Kier alpha value is -3.55. The summed E-state index contributed by atoms with van der Waals surface area (Å²) in [4.78, 5) is 21.2. The highest BCUT2D eigenvalue weighted by atomic mass is 19.2. The average molecular weight is 354 g/mol. The Bertz CT molecular complexity index is 1190. The summed E-state index contributed by atoms with van der Waals surface area (Å²) in [6.07, 6.45) is 0. The highest BCUT2D eigenvalue weighted by molar-refractivity contribution is 6.08. The van der Waals surface area contributed by atoms with Crippen LogP contribution in [0.3, 0.4) is 0 Å². The van der Waals surface area contributed by atoms with Gasteiger partial charge < -0.3 is 10.5 Å². The van der Waals surface area contributed by atoms with E-state index in [-0.39, 0.29) is 28.2 Å². The maximum Gasteiger partial charge on any atom is 0.343 e. The Kier molecular flexibility index (Phi) is 3.54. The van der Waals surface area contributed by atoms with E-state index in [0.717, 1.165) is 12.1 Å². The summed E-state index contributed by atoms with van der Waals surface area (Å²) in [5.41, 5.74) is 7.97. The zero-order valence-electron chi connectivity index (χ0n) is 13.5. The number of nitrogens with zero attached hydrogens (tertiary/aromatic N) is 3. The molecule has 26 heavy (non-hydrogen) atoms. The van der Waals surface area contributed by atoms with Gasteiger partial charge in [0.05, 0.1) is 23.8 Å². The minimum atomic E-state index is -1.04. The van der Waals surface area contributed by atoms with E-state index in [9.17, 15) is 13.6 Å². The molecule has 2 N–H and O–H groups in total.